The van der Waals surface area contributed by atoms with Crippen LogP contribution in [0.4, 0.5) is 0 Å². The summed E-state index contributed by atoms with van der Waals surface area (Å²) in [6.07, 6.45) is 0. The van der Waals surface area contributed by atoms with E-state index in [0.29, 0.717) is 0 Å². The summed E-state index contributed by atoms with van der Waals surface area (Å²) >= 11 is 1.73. The van der Waals surface area contributed by atoms with Gasteiger partial charge in [-0.3, -0.25) is 0 Å². The molecule has 0 aliphatic carbocycles. The van der Waals surface area contributed by atoms with Crippen LogP contribution in [0.25, 0.3) is 10.1 Å². The first-order valence-electron chi connectivity index (χ1n) is 6.53. The predicted molar refractivity (Wildman–Crippen MR) is 85.5 cm³/mol. The second-order valence-electron chi connectivity index (χ2n) is 5.08. The number of ether oxygens (including phenoxy) is 1. The molecule has 0 spiro atoms. The zero-order valence-electron chi connectivity index (χ0n) is 11.6. The van der Waals surface area contributed by atoms with Gasteiger partial charge < -0.3 is 10.5 Å². The molecule has 3 heteroatoms. The molecule has 20 heavy (non-hydrogen) atoms. The third kappa shape index (κ3) is 2.09. The summed E-state index contributed by atoms with van der Waals surface area (Å²) in [5, 5.41) is 3.35. The van der Waals surface area contributed by atoms with Gasteiger partial charge in [0.05, 0.1) is 12.6 Å². The number of hydrogen-bond donors (Lipinski definition) is 1. The van der Waals surface area contributed by atoms with Crippen LogP contribution in [0.3, 0.4) is 0 Å². The Balaban J connectivity index is 2.17. The number of thiophene rings is 1. The highest BCUT2D eigenvalue weighted by Crippen LogP contribution is 2.35. The van der Waals surface area contributed by atoms with Gasteiger partial charge in [-0.2, -0.15) is 0 Å². The molecule has 1 heterocycles. The normalized spacial score (nSPS) is 14.2. The molecular formula is C17H17NOS. The van der Waals surface area contributed by atoms with E-state index in [1.54, 1.807) is 18.4 Å². The van der Waals surface area contributed by atoms with Gasteiger partial charge >= 0.3 is 0 Å². The first kappa shape index (κ1) is 13.2. The average molecular weight is 283 g/mol. The van der Waals surface area contributed by atoms with Crippen molar-refractivity contribution in [2.24, 2.45) is 5.73 Å². The lowest BCUT2D eigenvalue weighted by Crippen LogP contribution is -2.34. The number of methoxy groups -OCH3 is 1. The van der Waals surface area contributed by atoms with Gasteiger partial charge in [0.2, 0.25) is 0 Å². The molecule has 2 nitrogen and oxygen atoms in total. The van der Waals surface area contributed by atoms with Crippen LogP contribution in [0.1, 0.15) is 18.1 Å². The molecule has 3 rings (SSSR count). The van der Waals surface area contributed by atoms with Gasteiger partial charge in [-0.1, -0.05) is 30.3 Å². The summed E-state index contributed by atoms with van der Waals surface area (Å²) in [4.78, 5) is 0. The fourth-order valence-electron chi connectivity index (χ4n) is 2.50. The maximum atomic E-state index is 6.66. The molecule has 102 valence electrons. The van der Waals surface area contributed by atoms with Gasteiger partial charge in [-0.25, -0.2) is 0 Å². The number of fused-ring (bicyclic) bond motifs is 1. The fraction of sp³-hybridized carbons (Fsp3) is 0.176. The molecule has 0 aliphatic rings. The monoisotopic (exact) mass is 283 g/mol. The summed E-state index contributed by atoms with van der Waals surface area (Å²) in [5.41, 5.74) is 8.32. The van der Waals surface area contributed by atoms with Crippen molar-refractivity contribution in [3.8, 4) is 5.75 Å². The molecule has 0 fully saturated rings. The molecule has 2 aromatic carbocycles. The fourth-order valence-corrected chi connectivity index (χ4v) is 3.53. The topological polar surface area (TPSA) is 35.2 Å². The summed E-state index contributed by atoms with van der Waals surface area (Å²) in [6.45, 7) is 2.05. The van der Waals surface area contributed by atoms with Gasteiger partial charge in [-0.15, -0.1) is 11.3 Å². The van der Waals surface area contributed by atoms with Crippen LogP contribution in [-0.4, -0.2) is 7.11 Å². The molecule has 0 aliphatic heterocycles. The minimum absolute atomic E-state index is 0.543. The van der Waals surface area contributed by atoms with Crippen LogP contribution in [0.15, 0.2) is 53.9 Å². The van der Waals surface area contributed by atoms with Crippen molar-refractivity contribution in [3.05, 3.63) is 65.0 Å². The van der Waals surface area contributed by atoms with E-state index in [9.17, 15) is 0 Å². The van der Waals surface area contributed by atoms with Gasteiger partial charge in [0.1, 0.15) is 5.75 Å². The highest BCUT2D eigenvalue weighted by atomic mass is 32.1. The first-order chi connectivity index (χ1) is 9.63. The number of rotatable bonds is 3. The standard InChI is InChI=1S/C17H17NOS/c1-17(18,13-6-4-7-14(11-13)19-2)15-8-3-5-12-9-10-20-16(12)15/h3-11H,18H2,1-2H3. The lowest BCUT2D eigenvalue weighted by atomic mass is 9.85. The van der Waals surface area contributed by atoms with Crippen LogP contribution < -0.4 is 10.5 Å². The van der Waals surface area contributed by atoms with E-state index >= 15 is 0 Å². The zero-order chi connectivity index (χ0) is 14.2. The molecule has 0 radical (unpaired) electrons. The van der Waals surface area contributed by atoms with Crippen molar-refractivity contribution in [2.45, 2.75) is 12.5 Å². The quantitative estimate of drug-likeness (QED) is 0.784. The largest absolute Gasteiger partial charge is 0.497 e. The zero-order valence-corrected chi connectivity index (χ0v) is 12.4. The van der Waals surface area contributed by atoms with E-state index in [2.05, 4.69) is 42.6 Å². The van der Waals surface area contributed by atoms with Gasteiger partial charge in [-0.05, 0) is 47.0 Å². The predicted octanol–water partition coefficient (Wildman–Crippen LogP) is 4.13. The molecule has 1 atom stereocenters. The first-order valence-corrected chi connectivity index (χ1v) is 7.41. The Kier molecular flexibility index (Phi) is 3.24. The second kappa shape index (κ2) is 4.93. The Labute approximate surface area is 122 Å². The molecule has 0 saturated heterocycles. The molecular weight excluding hydrogens is 266 g/mol. The Morgan fingerprint density at radius 2 is 1.90 bits per heavy atom. The summed E-state index contributed by atoms with van der Waals surface area (Å²) < 4.78 is 6.56. The van der Waals surface area contributed by atoms with E-state index in [1.165, 1.54) is 10.1 Å². The third-order valence-electron chi connectivity index (χ3n) is 3.71. The number of nitrogens with two attached hydrogens (primary N) is 1. The van der Waals surface area contributed by atoms with Gasteiger partial charge in [0.25, 0.3) is 0 Å². The molecule has 1 aromatic heterocycles. The Hall–Kier alpha value is -1.84. The minimum atomic E-state index is -0.543. The number of benzene rings is 2. The maximum absolute atomic E-state index is 6.66. The Bertz CT molecular complexity index is 745. The van der Waals surface area contributed by atoms with Crippen molar-refractivity contribution in [3.63, 3.8) is 0 Å². The van der Waals surface area contributed by atoms with Crippen LogP contribution in [0, 0.1) is 0 Å². The van der Waals surface area contributed by atoms with Crippen molar-refractivity contribution < 1.29 is 4.74 Å². The molecule has 0 saturated carbocycles. The lowest BCUT2D eigenvalue weighted by molar-refractivity contribution is 0.413. The van der Waals surface area contributed by atoms with Crippen LogP contribution >= 0.6 is 11.3 Å². The van der Waals surface area contributed by atoms with E-state index in [4.69, 9.17) is 10.5 Å². The van der Waals surface area contributed by atoms with Crippen LogP contribution in [-0.2, 0) is 5.54 Å². The smallest absolute Gasteiger partial charge is 0.119 e. The van der Waals surface area contributed by atoms with Crippen LogP contribution in [0.2, 0.25) is 0 Å². The van der Waals surface area contributed by atoms with Crippen molar-refractivity contribution >= 4 is 21.4 Å². The van der Waals surface area contributed by atoms with E-state index in [1.807, 2.05) is 18.2 Å². The number of hydrogen-bond acceptors (Lipinski definition) is 3. The molecule has 2 N–H and O–H groups in total. The summed E-state index contributed by atoms with van der Waals surface area (Å²) in [7, 11) is 1.67. The van der Waals surface area contributed by atoms with E-state index in [0.717, 1.165) is 16.9 Å². The van der Waals surface area contributed by atoms with Crippen molar-refractivity contribution in [1.82, 2.24) is 0 Å². The lowest BCUT2D eigenvalue weighted by Gasteiger charge is -2.27. The van der Waals surface area contributed by atoms with Crippen LogP contribution in [0.5, 0.6) is 5.75 Å². The molecule has 1 unspecified atom stereocenters. The molecule has 0 amide bonds. The van der Waals surface area contributed by atoms with Gasteiger partial charge in [0.15, 0.2) is 0 Å². The van der Waals surface area contributed by atoms with E-state index in [-0.39, 0.29) is 0 Å². The van der Waals surface area contributed by atoms with Crippen molar-refractivity contribution in [1.29, 1.82) is 0 Å². The van der Waals surface area contributed by atoms with Crippen molar-refractivity contribution in [2.75, 3.05) is 7.11 Å². The maximum Gasteiger partial charge on any atom is 0.119 e. The Morgan fingerprint density at radius 1 is 1.10 bits per heavy atom. The summed E-state index contributed by atoms with van der Waals surface area (Å²) in [6, 6.07) is 16.4. The average Bonchev–Trinajstić information content (AvgIpc) is 2.95. The van der Waals surface area contributed by atoms with E-state index < -0.39 is 5.54 Å². The Morgan fingerprint density at radius 3 is 2.70 bits per heavy atom. The van der Waals surface area contributed by atoms with Gasteiger partial charge in [0, 0.05) is 4.70 Å². The highest BCUT2D eigenvalue weighted by Gasteiger charge is 2.26. The minimum Gasteiger partial charge on any atom is -0.497 e. The molecule has 3 aromatic rings. The SMILES string of the molecule is COc1cccc(C(C)(N)c2cccc3ccsc23)c1. The summed E-state index contributed by atoms with van der Waals surface area (Å²) in [5.74, 6) is 0.831. The highest BCUT2D eigenvalue weighted by molar-refractivity contribution is 7.17. The second-order valence-corrected chi connectivity index (χ2v) is 5.99. The third-order valence-corrected chi connectivity index (χ3v) is 4.67. The molecule has 0 bridgehead atoms.